The van der Waals surface area contributed by atoms with E-state index in [0.717, 1.165) is 19.3 Å². The van der Waals surface area contributed by atoms with Crippen molar-refractivity contribution in [2.24, 2.45) is 0 Å². The number of benzene rings is 2. The van der Waals surface area contributed by atoms with E-state index >= 15 is 0 Å². The van der Waals surface area contributed by atoms with E-state index in [9.17, 15) is 29.9 Å². The first kappa shape index (κ1) is 40.2. The maximum Gasteiger partial charge on any atom is 0.323 e. The molecule has 0 bridgehead atoms. The summed E-state index contributed by atoms with van der Waals surface area (Å²) >= 11 is 0. The standard InChI is InChI=1S/C37H56N2O9/c1-2-3-4-5-6-7-8-9-10-11-12-13-14-15-16-17-22-47-34-26-32(38(29-36(40)41)30-37(42)43)27-35(28-34)48-24-19-23-46-33-21-18-20-31(25-33)39(44)45/h18,20-21,25-28H,2-17,19,22-24,29-30H2,1H3,(H,40,41)(H,42,43). The Morgan fingerprint density at radius 1 is 0.625 bits per heavy atom. The van der Waals surface area contributed by atoms with Gasteiger partial charge in [-0.1, -0.05) is 109 Å². The minimum Gasteiger partial charge on any atom is -0.493 e. The number of aliphatic carboxylic acids is 2. The Morgan fingerprint density at radius 3 is 1.52 bits per heavy atom. The van der Waals surface area contributed by atoms with E-state index < -0.39 is 30.0 Å². The molecule has 0 unspecified atom stereocenters. The van der Waals surface area contributed by atoms with Crippen LogP contribution in [0.2, 0.25) is 0 Å². The largest absolute Gasteiger partial charge is 0.493 e. The first-order valence-corrected chi connectivity index (χ1v) is 17.7. The summed E-state index contributed by atoms with van der Waals surface area (Å²) in [7, 11) is 0. The van der Waals surface area contributed by atoms with E-state index in [1.165, 1.54) is 101 Å². The van der Waals surface area contributed by atoms with E-state index in [1.54, 1.807) is 30.3 Å². The van der Waals surface area contributed by atoms with Gasteiger partial charge in [0.1, 0.15) is 30.3 Å². The number of nitro benzene ring substituents is 1. The van der Waals surface area contributed by atoms with Crippen molar-refractivity contribution in [1.29, 1.82) is 0 Å². The molecule has 0 aliphatic carbocycles. The van der Waals surface area contributed by atoms with Gasteiger partial charge in [-0.15, -0.1) is 0 Å². The molecule has 2 aromatic rings. The zero-order chi connectivity index (χ0) is 34.8. The topological polar surface area (TPSA) is 149 Å². The van der Waals surface area contributed by atoms with Gasteiger partial charge in [-0.25, -0.2) is 0 Å². The second kappa shape index (κ2) is 25.1. The van der Waals surface area contributed by atoms with E-state index in [0.29, 0.717) is 36.0 Å². The molecule has 0 aromatic heterocycles. The van der Waals surface area contributed by atoms with Gasteiger partial charge in [0.15, 0.2) is 0 Å². The number of carboxylic acid groups (broad SMARTS) is 2. The predicted octanol–water partition coefficient (Wildman–Crippen LogP) is 9.06. The predicted molar refractivity (Wildman–Crippen MR) is 188 cm³/mol. The minimum atomic E-state index is -1.16. The first-order valence-electron chi connectivity index (χ1n) is 17.7. The molecule has 11 heteroatoms. The maximum atomic E-state index is 11.5. The molecule has 2 aromatic carbocycles. The number of rotatable bonds is 30. The molecular formula is C37H56N2O9. The highest BCUT2D eigenvalue weighted by Gasteiger charge is 2.17. The van der Waals surface area contributed by atoms with Crippen LogP contribution in [-0.4, -0.2) is 60.0 Å². The van der Waals surface area contributed by atoms with Crippen LogP contribution in [-0.2, 0) is 9.59 Å². The number of hydrogen-bond acceptors (Lipinski definition) is 8. The Kier molecular flexibility index (Phi) is 21.0. The second-order valence-electron chi connectivity index (χ2n) is 12.3. The van der Waals surface area contributed by atoms with Gasteiger partial charge < -0.3 is 29.3 Å². The van der Waals surface area contributed by atoms with Crippen LogP contribution in [0.5, 0.6) is 17.2 Å². The van der Waals surface area contributed by atoms with Crippen molar-refractivity contribution in [2.75, 3.05) is 37.8 Å². The molecule has 2 N–H and O–H groups in total. The van der Waals surface area contributed by atoms with Crippen LogP contribution in [0.25, 0.3) is 0 Å². The smallest absolute Gasteiger partial charge is 0.323 e. The number of nitro groups is 1. The summed E-state index contributed by atoms with van der Waals surface area (Å²) in [6, 6.07) is 10.9. The van der Waals surface area contributed by atoms with E-state index in [2.05, 4.69) is 6.92 Å². The summed E-state index contributed by atoms with van der Waals surface area (Å²) in [4.78, 5) is 34.6. The lowest BCUT2D eigenvalue weighted by atomic mass is 10.0. The Morgan fingerprint density at radius 2 is 1.06 bits per heavy atom. The summed E-state index contributed by atoms with van der Waals surface area (Å²) in [5.74, 6) is -1.05. The monoisotopic (exact) mass is 672 g/mol. The van der Waals surface area contributed by atoms with Crippen LogP contribution < -0.4 is 19.1 Å². The number of non-ortho nitro benzene ring substituents is 1. The Balaban J connectivity index is 1.75. The highest BCUT2D eigenvalue weighted by atomic mass is 16.6. The molecule has 0 amide bonds. The molecule has 0 radical (unpaired) electrons. The lowest BCUT2D eigenvalue weighted by molar-refractivity contribution is -0.384. The third-order valence-corrected chi connectivity index (χ3v) is 8.00. The van der Waals surface area contributed by atoms with Crippen LogP contribution in [0.15, 0.2) is 42.5 Å². The van der Waals surface area contributed by atoms with E-state index in [-0.39, 0.29) is 18.9 Å². The number of unbranched alkanes of at least 4 members (excludes halogenated alkanes) is 15. The van der Waals surface area contributed by atoms with Crippen molar-refractivity contribution in [3.05, 3.63) is 52.6 Å². The Hall–Kier alpha value is -4.02. The SMILES string of the molecule is CCCCCCCCCCCCCCCCCCOc1cc(OCCCOc2cccc([N+](=O)[O-])c2)cc(N(CC(=O)O)CC(=O)O)c1. The molecule has 0 heterocycles. The van der Waals surface area contributed by atoms with Gasteiger partial charge in [-0.3, -0.25) is 19.7 Å². The van der Waals surface area contributed by atoms with Gasteiger partial charge in [0.05, 0.1) is 30.8 Å². The summed E-state index contributed by atoms with van der Waals surface area (Å²) in [6.07, 6.45) is 21.0. The van der Waals surface area contributed by atoms with E-state index in [1.807, 2.05) is 0 Å². The average Bonchev–Trinajstić information content (AvgIpc) is 3.05. The highest BCUT2D eigenvalue weighted by Crippen LogP contribution is 2.29. The molecule has 0 spiro atoms. The third-order valence-electron chi connectivity index (χ3n) is 8.00. The zero-order valence-electron chi connectivity index (χ0n) is 28.7. The van der Waals surface area contributed by atoms with Gasteiger partial charge in [0, 0.05) is 36.4 Å². The molecule has 0 aliphatic rings. The van der Waals surface area contributed by atoms with Gasteiger partial charge >= 0.3 is 11.9 Å². The summed E-state index contributed by atoms with van der Waals surface area (Å²) < 4.78 is 17.5. The normalized spacial score (nSPS) is 10.9. The average molecular weight is 673 g/mol. The number of carbonyl (C=O) groups is 2. The molecule has 2 rings (SSSR count). The lowest BCUT2D eigenvalue weighted by Crippen LogP contribution is -2.34. The van der Waals surface area contributed by atoms with Crippen LogP contribution in [0, 0.1) is 10.1 Å². The highest BCUT2D eigenvalue weighted by molar-refractivity contribution is 5.80. The molecule has 0 saturated heterocycles. The van der Waals surface area contributed by atoms with Crippen molar-refractivity contribution < 1.29 is 38.9 Å². The summed E-state index contributed by atoms with van der Waals surface area (Å²) in [5.41, 5.74) is 0.312. The summed E-state index contributed by atoms with van der Waals surface area (Å²) in [6.45, 7) is 2.25. The number of hydrogen-bond donors (Lipinski definition) is 2. The quantitative estimate of drug-likeness (QED) is 0.0467. The van der Waals surface area contributed by atoms with Crippen LogP contribution in [0.3, 0.4) is 0 Å². The molecule has 48 heavy (non-hydrogen) atoms. The van der Waals surface area contributed by atoms with Crippen LogP contribution in [0.4, 0.5) is 11.4 Å². The fraction of sp³-hybridized carbons (Fsp3) is 0.622. The van der Waals surface area contributed by atoms with Crippen molar-refractivity contribution in [2.45, 2.75) is 116 Å². The molecule has 0 saturated carbocycles. The Bertz CT molecular complexity index is 1190. The van der Waals surface area contributed by atoms with Gasteiger partial charge in [0.2, 0.25) is 0 Å². The molecule has 0 aliphatic heterocycles. The number of ether oxygens (including phenoxy) is 3. The molecular weight excluding hydrogens is 616 g/mol. The minimum absolute atomic E-state index is 0.0556. The maximum absolute atomic E-state index is 11.5. The van der Waals surface area contributed by atoms with Crippen molar-refractivity contribution >= 4 is 23.3 Å². The molecule has 0 atom stereocenters. The van der Waals surface area contributed by atoms with Gasteiger partial charge in [-0.05, 0) is 12.5 Å². The van der Waals surface area contributed by atoms with Crippen molar-refractivity contribution in [3.63, 3.8) is 0 Å². The summed E-state index contributed by atoms with van der Waals surface area (Å²) in [5, 5.41) is 29.7. The van der Waals surface area contributed by atoms with Gasteiger partial charge in [0.25, 0.3) is 5.69 Å². The van der Waals surface area contributed by atoms with Crippen LogP contribution >= 0.6 is 0 Å². The number of carboxylic acids is 2. The fourth-order valence-corrected chi connectivity index (χ4v) is 5.44. The first-order chi connectivity index (χ1) is 23.3. The molecule has 0 fully saturated rings. The molecule has 11 nitrogen and oxygen atoms in total. The van der Waals surface area contributed by atoms with Crippen LogP contribution in [0.1, 0.15) is 116 Å². The number of anilines is 1. The fourth-order valence-electron chi connectivity index (χ4n) is 5.44. The third kappa shape index (κ3) is 19.0. The zero-order valence-corrected chi connectivity index (χ0v) is 28.7. The van der Waals surface area contributed by atoms with Gasteiger partial charge in [-0.2, -0.15) is 0 Å². The van der Waals surface area contributed by atoms with Crippen molar-refractivity contribution in [1.82, 2.24) is 0 Å². The lowest BCUT2D eigenvalue weighted by Gasteiger charge is -2.22. The number of nitrogens with zero attached hydrogens (tertiary/aromatic N) is 2. The Labute approximate surface area is 285 Å². The molecule has 268 valence electrons. The van der Waals surface area contributed by atoms with E-state index in [4.69, 9.17) is 14.2 Å². The second-order valence-corrected chi connectivity index (χ2v) is 12.3. The van der Waals surface area contributed by atoms with Crippen molar-refractivity contribution in [3.8, 4) is 17.2 Å².